The van der Waals surface area contributed by atoms with Gasteiger partial charge in [0.1, 0.15) is 5.82 Å². The highest BCUT2D eigenvalue weighted by atomic mass is 19.3. The fourth-order valence-corrected chi connectivity index (χ4v) is 2.87. The number of aromatic nitrogens is 3. The van der Waals surface area contributed by atoms with Crippen LogP contribution in [0.25, 0.3) is 16.6 Å². The first kappa shape index (κ1) is 17.0. The Bertz CT molecular complexity index is 1190. The molecule has 0 aliphatic rings. The van der Waals surface area contributed by atoms with Crippen LogP contribution in [0.2, 0.25) is 0 Å². The van der Waals surface area contributed by atoms with E-state index in [1.165, 1.54) is 18.3 Å². The zero-order valence-electron chi connectivity index (χ0n) is 13.8. The van der Waals surface area contributed by atoms with E-state index < -0.39 is 18.8 Å². The van der Waals surface area contributed by atoms with Crippen molar-refractivity contribution >= 4 is 28.1 Å². The molecule has 0 radical (unpaired) electrons. The number of alkyl halides is 2. The minimum absolute atomic E-state index is 0.0101. The number of rotatable bonds is 5. The number of aliphatic hydroxyl groups excluding tert-OH is 1. The largest absolute Gasteiger partial charge is 0.431 e. The monoisotopic (exact) mass is 372 g/mol. The standard InChI is InChI=1S/C18H14F2N4O3/c19-18(20)27-14-2-1-7-24-16(14)23-15(12(9-25)17(24)26)22-11-3-4-13-10(8-11)5-6-21-13/h1-8,18,21-22,25H,9H2. The van der Waals surface area contributed by atoms with E-state index >= 15 is 0 Å². The number of ether oxygens (including phenoxy) is 1. The van der Waals surface area contributed by atoms with Gasteiger partial charge in [0.05, 0.1) is 12.2 Å². The molecule has 0 fully saturated rings. The summed E-state index contributed by atoms with van der Waals surface area (Å²) in [5, 5.41) is 13.6. The fraction of sp³-hybridized carbons (Fsp3) is 0.111. The topological polar surface area (TPSA) is 91.7 Å². The Kier molecular flexibility index (Phi) is 4.21. The van der Waals surface area contributed by atoms with E-state index in [0.29, 0.717) is 5.69 Å². The minimum Gasteiger partial charge on any atom is -0.431 e. The fourth-order valence-electron chi connectivity index (χ4n) is 2.87. The first-order valence-electron chi connectivity index (χ1n) is 8.01. The lowest BCUT2D eigenvalue weighted by molar-refractivity contribution is -0.0491. The molecular weight excluding hydrogens is 358 g/mol. The SMILES string of the molecule is O=c1c(CO)c(Nc2ccc3[nH]ccc3c2)nc2c(OC(F)F)cccn12. The lowest BCUT2D eigenvalue weighted by Crippen LogP contribution is -2.22. The van der Waals surface area contributed by atoms with Gasteiger partial charge >= 0.3 is 6.61 Å². The van der Waals surface area contributed by atoms with Gasteiger partial charge in [-0.1, -0.05) is 0 Å². The third-order valence-corrected chi connectivity index (χ3v) is 4.10. The van der Waals surface area contributed by atoms with Crippen LogP contribution in [0.4, 0.5) is 20.3 Å². The maximum Gasteiger partial charge on any atom is 0.387 e. The van der Waals surface area contributed by atoms with Crippen molar-refractivity contribution in [3.05, 3.63) is 64.7 Å². The summed E-state index contributed by atoms with van der Waals surface area (Å²) < 4.78 is 30.8. The number of nitrogens with zero attached hydrogens (tertiary/aromatic N) is 2. The Morgan fingerprint density at radius 1 is 1.30 bits per heavy atom. The van der Waals surface area contributed by atoms with E-state index in [9.17, 15) is 18.7 Å². The molecule has 0 saturated carbocycles. The summed E-state index contributed by atoms with van der Waals surface area (Å²) in [6.07, 6.45) is 3.17. The quantitative estimate of drug-likeness (QED) is 0.501. The second-order valence-electron chi connectivity index (χ2n) is 5.75. The van der Waals surface area contributed by atoms with Crippen molar-refractivity contribution in [3.63, 3.8) is 0 Å². The second kappa shape index (κ2) is 6.69. The van der Waals surface area contributed by atoms with Crippen molar-refractivity contribution in [1.82, 2.24) is 14.4 Å². The molecule has 0 amide bonds. The molecule has 4 rings (SSSR count). The predicted molar refractivity (Wildman–Crippen MR) is 95.6 cm³/mol. The van der Waals surface area contributed by atoms with Crippen LogP contribution < -0.4 is 15.6 Å². The van der Waals surface area contributed by atoms with E-state index in [0.717, 1.165) is 15.3 Å². The number of aromatic amines is 1. The summed E-state index contributed by atoms with van der Waals surface area (Å²) >= 11 is 0. The summed E-state index contributed by atoms with van der Waals surface area (Å²) in [6.45, 7) is -3.62. The number of benzene rings is 1. The normalized spacial score (nSPS) is 11.4. The minimum atomic E-state index is -3.06. The van der Waals surface area contributed by atoms with Gasteiger partial charge < -0.3 is 20.1 Å². The molecule has 27 heavy (non-hydrogen) atoms. The van der Waals surface area contributed by atoms with Gasteiger partial charge in [-0.25, -0.2) is 4.98 Å². The molecule has 0 atom stereocenters. The highest BCUT2D eigenvalue weighted by molar-refractivity contribution is 5.84. The van der Waals surface area contributed by atoms with Gasteiger partial charge in [0.25, 0.3) is 5.56 Å². The number of anilines is 2. The Morgan fingerprint density at radius 2 is 2.15 bits per heavy atom. The third-order valence-electron chi connectivity index (χ3n) is 4.10. The van der Waals surface area contributed by atoms with Crippen LogP contribution in [0.3, 0.4) is 0 Å². The zero-order valence-corrected chi connectivity index (χ0v) is 13.8. The molecule has 0 spiro atoms. The average Bonchev–Trinajstić information content (AvgIpc) is 3.10. The first-order valence-corrected chi connectivity index (χ1v) is 8.01. The molecule has 0 bridgehead atoms. The van der Waals surface area contributed by atoms with E-state index in [1.807, 2.05) is 18.2 Å². The molecule has 3 N–H and O–H groups in total. The Hall–Kier alpha value is -3.46. The maximum absolute atomic E-state index is 12.7. The van der Waals surface area contributed by atoms with Crippen molar-refractivity contribution in [3.8, 4) is 5.75 Å². The zero-order chi connectivity index (χ0) is 19.0. The molecule has 3 aromatic heterocycles. The molecular formula is C18H14F2N4O3. The van der Waals surface area contributed by atoms with Crippen molar-refractivity contribution in [2.24, 2.45) is 0 Å². The van der Waals surface area contributed by atoms with Gasteiger partial charge in [-0.15, -0.1) is 0 Å². The highest BCUT2D eigenvalue weighted by Gasteiger charge is 2.17. The Morgan fingerprint density at radius 3 is 2.93 bits per heavy atom. The van der Waals surface area contributed by atoms with E-state index in [4.69, 9.17) is 0 Å². The smallest absolute Gasteiger partial charge is 0.387 e. The molecule has 0 aliphatic heterocycles. The summed E-state index contributed by atoms with van der Waals surface area (Å²) in [7, 11) is 0. The second-order valence-corrected chi connectivity index (χ2v) is 5.75. The van der Waals surface area contributed by atoms with Gasteiger partial charge in [-0.3, -0.25) is 9.20 Å². The first-order chi connectivity index (χ1) is 13.1. The molecule has 138 valence electrons. The third kappa shape index (κ3) is 3.08. The lowest BCUT2D eigenvalue weighted by atomic mass is 10.2. The van der Waals surface area contributed by atoms with Crippen molar-refractivity contribution in [2.75, 3.05) is 5.32 Å². The number of fused-ring (bicyclic) bond motifs is 2. The molecule has 7 nitrogen and oxygen atoms in total. The number of hydrogen-bond donors (Lipinski definition) is 3. The van der Waals surface area contributed by atoms with Gasteiger partial charge in [0.15, 0.2) is 11.4 Å². The van der Waals surface area contributed by atoms with Gasteiger partial charge in [0, 0.05) is 29.0 Å². The lowest BCUT2D eigenvalue weighted by Gasteiger charge is -2.13. The number of H-pyrrole nitrogens is 1. The van der Waals surface area contributed by atoms with E-state index in [-0.39, 0.29) is 22.8 Å². The molecule has 0 unspecified atom stereocenters. The number of halogens is 2. The summed E-state index contributed by atoms with van der Waals surface area (Å²) in [4.78, 5) is 20.0. The van der Waals surface area contributed by atoms with Crippen molar-refractivity contribution in [1.29, 1.82) is 0 Å². The summed E-state index contributed by atoms with van der Waals surface area (Å²) in [5.74, 6) is -0.166. The maximum atomic E-state index is 12.7. The van der Waals surface area contributed by atoms with Crippen LogP contribution in [0.1, 0.15) is 5.56 Å². The molecule has 0 saturated heterocycles. The molecule has 0 aliphatic carbocycles. The van der Waals surface area contributed by atoms with Gasteiger partial charge in [-0.05, 0) is 36.4 Å². The van der Waals surface area contributed by atoms with Crippen molar-refractivity contribution in [2.45, 2.75) is 13.2 Å². The summed E-state index contributed by atoms with van der Waals surface area (Å²) in [6, 6.07) is 10.0. The van der Waals surface area contributed by atoms with Crippen LogP contribution in [-0.2, 0) is 6.61 Å². The number of nitrogens with one attached hydrogen (secondary N) is 2. The van der Waals surface area contributed by atoms with Gasteiger partial charge in [-0.2, -0.15) is 8.78 Å². The molecule has 1 aromatic carbocycles. The molecule has 9 heteroatoms. The highest BCUT2D eigenvalue weighted by Crippen LogP contribution is 2.25. The number of aliphatic hydroxyl groups is 1. The number of pyridine rings is 1. The summed E-state index contributed by atoms with van der Waals surface area (Å²) in [5.41, 5.74) is 0.913. The van der Waals surface area contributed by atoms with Crippen LogP contribution in [-0.4, -0.2) is 26.1 Å². The van der Waals surface area contributed by atoms with Crippen LogP contribution in [0.5, 0.6) is 5.75 Å². The van der Waals surface area contributed by atoms with Gasteiger partial charge in [0.2, 0.25) is 0 Å². The molecule has 4 aromatic rings. The average molecular weight is 372 g/mol. The van der Waals surface area contributed by atoms with E-state index in [1.54, 1.807) is 12.3 Å². The molecule has 3 heterocycles. The predicted octanol–water partition coefficient (Wildman–Crippen LogP) is 3.01. The van der Waals surface area contributed by atoms with Crippen LogP contribution >= 0.6 is 0 Å². The Balaban J connectivity index is 1.86. The Labute approximate surface area is 150 Å². The number of hydrogen-bond acceptors (Lipinski definition) is 5. The van der Waals surface area contributed by atoms with Crippen LogP contribution in [0.15, 0.2) is 53.6 Å². The van der Waals surface area contributed by atoms with Crippen LogP contribution in [0, 0.1) is 0 Å². The van der Waals surface area contributed by atoms with E-state index in [2.05, 4.69) is 20.0 Å². The van der Waals surface area contributed by atoms with Crippen molar-refractivity contribution < 1.29 is 18.6 Å².